The average Bonchev–Trinajstić information content (AvgIpc) is 3.47. The molecule has 1 N–H and O–H groups in total. The van der Waals surface area contributed by atoms with Crippen LogP contribution in [0.4, 0.5) is 0 Å². The maximum absolute atomic E-state index is 13.8. The van der Waals surface area contributed by atoms with Gasteiger partial charge in [0.2, 0.25) is 0 Å². The highest BCUT2D eigenvalue weighted by Gasteiger charge is 2.33. The van der Waals surface area contributed by atoms with Crippen LogP contribution in [-0.4, -0.2) is 27.7 Å². The molecule has 4 aromatic rings. The summed E-state index contributed by atoms with van der Waals surface area (Å²) in [6, 6.07) is 13.8. The predicted octanol–water partition coefficient (Wildman–Crippen LogP) is 5.45. The first-order valence-electron chi connectivity index (χ1n) is 12.2. The lowest BCUT2D eigenvalue weighted by molar-refractivity contribution is -0.143. The van der Waals surface area contributed by atoms with Crippen molar-refractivity contribution in [2.24, 2.45) is 4.99 Å². The van der Waals surface area contributed by atoms with Crippen LogP contribution in [0.2, 0.25) is 10.0 Å². The van der Waals surface area contributed by atoms with E-state index in [9.17, 15) is 19.5 Å². The Morgan fingerprint density at radius 2 is 1.85 bits per heavy atom. The molecule has 2 aromatic carbocycles. The number of thiazole rings is 1. The number of ether oxygens (including phenoxy) is 1. The molecule has 0 saturated carbocycles. The van der Waals surface area contributed by atoms with E-state index in [1.807, 2.05) is 0 Å². The number of hydrogen-bond donors (Lipinski definition) is 1. The van der Waals surface area contributed by atoms with E-state index in [1.165, 1.54) is 22.8 Å². The molecule has 8 nitrogen and oxygen atoms in total. The van der Waals surface area contributed by atoms with Crippen LogP contribution in [0.25, 0.3) is 17.4 Å². The van der Waals surface area contributed by atoms with E-state index >= 15 is 0 Å². The van der Waals surface area contributed by atoms with Crippen LogP contribution in [0.5, 0.6) is 0 Å². The van der Waals surface area contributed by atoms with Crippen molar-refractivity contribution in [2.75, 3.05) is 0 Å². The average molecular weight is 597 g/mol. The van der Waals surface area contributed by atoms with Gasteiger partial charge in [0.15, 0.2) is 4.80 Å². The molecule has 1 atom stereocenters. The van der Waals surface area contributed by atoms with Crippen molar-refractivity contribution in [2.45, 2.75) is 32.9 Å². The summed E-state index contributed by atoms with van der Waals surface area (Å²) in [5, 5.41) is 10.2. The number of aromatic carboxylic acids is 1. The number of benzene rings is 2. The van der Waals surface area contributed by atoms with Crippen molar-refractivity contribution in [1.82, 2.24) is 4.57 Å². The number of halogens is 2. The zero-order chi connectivity index (χ0) is 28.7. The normalized spacial score (nSPS) is 15.2. The third-order valence-electron chi connectivity index (χ3n) is 6.15. The molecule has 3 heterocycles. The summed E-state index contributed by atoms with van der Waals surface area (Å²) in [6.45, 7) is 5.22. The Balaban J connectivity index is 1.62. The molecule has 0 spiro atoms. The SMILES string of the molecule is CC1=C(C(=O)OC(C)C)C(c2ccc(Cl)cc2)n2c(s/c(=C/c3ccc(-c4cc(C(=O)O)ccc4Cl)o3)c2=O)=N1. The smallest absolute Gasteiger partial charge is 0.338 e. The molecule has 5 rings (SSSR count). The van der Waals surface area contributed by atoms with Crippen LogP contribution in [0, 0.1) is 0 Å². The lowest BCUT2D eigenvalue weighted by Gasteiger charge is -2.25. The topological polar surface area (TPSA) is 111 Å². The number of fused-ring (bicyclic) bond motifs is 1. The third-order valence-corrected chi connectivity index (χ3v) is 7.71. The molecular formula is C29H22Cl2N2O6S. The molecule has 0 radical (unpaired) electrons. The van der Waals surface area contributed by atoms with Crippen LogP contribution in [0.3, 0.4) is 0 Å². The van der Waals surface area contributed by atoms with Crippen LogP contribution in [0.1, 0.15) is 48.5 Å². The van der Waals surface area contributed by atoms with E-state index < -0.39 is 18.0 Å². The lowest BCUT2D eigenvalue weighted by atomic mass is 9.96. The number of allylic oxidation sites excluding steroid dienone is 1. The highest BCUT2D eigenvalue weighted by Crippen LogP contribution is 2.32. The first-order valence-corrected chi connectivity index (χ1v) is 13.7. The van der Waals surface area contributed by atoms with Gasteiger partial charge in [0, 0.05) is 16.7 Å². The number of furan rings is 1. The fraction of sp³-hybridized carbons (Fsp3) is 0.172. The highest BCUT2D eigenvalue weighted by molar-refractivity contribution is 7.07. The molecule has 1 unspecified atom stereocenters. The zero-order valence-electron chi connectivity index (χ0n) is 21.5. The van der Waals surface area contributed by atoms with Crippen molar-refractivity contribution in [3.8, 4) is 11.3 Å². The summed E-state index contributed by atoms with van der Waals surface area (Å²) in [5.41, 5.74) is 1.50. The Labute approximate surface area is 242 Å². The van der Waals surface area contributed by atoms with E-state index in [-0.39, 0.29) is 22.8 Å². The van der Waals surface area contributed by atoms with Gasteiger partial charge in [-0.05, 0) is 68.8 Å². The minimum Gasteiger partial charge on any atom is -0.478 e. The minimum atomic E-state index is -1.09. The second kappa shape index (κ2) is 10.9. The van der Waals surface area contributed by atoms with Gasteiger partial charge in [0.05, 0.1) is 38.5 Å². The Morgan fingerprint density at radius 3 is 2.52 bits per heavy atom. The van der Waals surface area contributed by atoms with Gasteiger partial charge in [-0.1, -0.05) is 46.7 Å². The number of nitrogens with zero attached hydrogens (tertiary/aromatic N) is 2. The van der Waals surface area contributed by atoms with Crippen molar-refractivity contribution in [1.29, 1.82) is 0 Å². The van der Waals surface area contributed by atoms with Crippen molar-refractivity contribution in [3.63, 3.8) is 0 Å². The number of carbonyl (C=O) groups is 2. The molecule has 2 aromatic heterocycles. The maximum Gasteiger partial charge on any atom is 0.338 e. The molecule has 0 aliphatic carbocycles. The van der Waals surface area contributed by atoms with Crippen molar-refractivity contribution < 1.29 is 23.8 Å². The van der Waals surface area contributed by atoms with Gasteiger partial charge in [-0.2, -0.15) is 0 Å². The zero-order valence-corrected chi connectivity index (χ0v) is 23.8. The molecular weight excluding hydrogens is 575 g/mol. The predicted molar refractivity (Wildman–Crippen MR) is 153 cm³/mol. The van der Waals surface area contributed by atoms with Gasteiger partial charge in [-0.3, -0.25) is 9.36 Å². The van der Waals surface area contributed by atoms with Crippen LogP contribution in [0.15, 0.2) is 80.1 Å². The fourth-order valence-electron chi connectivity index (χ4n) is 4.37. The van der Waals surface area contributed by atoms with Gasteiger partial charge >= 0.3 is 11.9 Å². The number of carbonyl (C=O) groups excluding carboxylic acids is 1. The number of carboxylic acids is 1. The van der Waals surface area contributed by atoms with E-state index in [2.05, 4.69) is 4.99 Å². The van der Waals surface area contributed by atoms with E-state index in [4.69, 9.17) is 32.4 Å². The van der Waals surface area contributed by atoms with Gasteiger partial charge in [-0.15, -0.1) is 0 Å². The van der Waals surface area contributed by atoms with Gasteiger partial charge < -0.3 is 14.3 Å². The maximum atomic E-state index is 13.8. The molecule has 0 fully saturated rings. The van der Waals surface area contributed by atoms with Crippen molar-refractivity contribution in [3.05, 3.63) is 112 Å². The number of carboxylic acid groups (broad SMARTS) is 1. The van der Waals surface area contributed by atoms with Crippen LogP contribution >= 0.6 is 34.5 Å². The Hall–Kier alpha value is -3.92. The first-order chi connectivity index (χ1) is 19.0. The Morgan fingerprint density at radius 1 is 1.12 bits per heavy atom. The van der Waals surface area contributed by atoms with Gasteiger partial charge in [0.25, 0.3) is 5.56 Å². The van der Waals surface area contributed by atoms with Crippen LogP contribution in [-0.2, 0) is 9.53 Å². The summed E-state index contributed by atoms with van der Waals surface area (Å²) in [5.74, 6) is -0.939. The standard InChI is InChI=1S/C29H22Cl2N2O6S/c1-14(2)38-28(37)24-15(3)32-29-33(25(24)16-4-7-18(30)8-5-16)26(34)23(40-29)13-19-9-11-22(39-19)20-12-17(27(35)36)6-10-21(20)31/h4-14,25H,1-3H3,(H,35,36)/b23-13+. The molecule has 0 bridgehead atoms. The third kappa shape index (κ3) is 5.28. The lowest BCUT2D eigenvalue weighted by Crippen LogP contribution is -2.40. The van der Waals surface area contributed by atoms with E-state index in [1.54, 1.807) is 63.2 Å². The number of rotatable bonds is 6. The summed E-state index contributed by atoms with van der Waals surface area (Å²) in [4.78, 5) is 43.3. The van der Waals surface area contributed by atoms with E-state index in [0.717, 1.165) is 11.3 Å². The van der Waals surface area contributed by atoms with Gasteiger partial charge in [-0.25, -0.2) is 14.6 Å². The summed E-state index contributed by atoms with van der Waals surface area (Å²) < 4.78 is 13.2. The fourth-order valence-corrected chi connectivity index (χ4v) is 5.74. The molecule has 204 valence electrons. The van der Waals surface area contributed by atoms with Crippen LogP contribution < -0.4 is 14.9 Å². The second-order valence-corrected chi connectivity index (χ2v) is 11.1. The number of esters is 1. The van der Waals surface area contributed by atoms with Crippen molar-refractivity contribution >= 4 is 52.6 Å². The van der Waals surface area contributed by atoms with Gasteiger partial charge in [0.1, 0.15) is 11.5 Å². The molecule has 1 aliphatic heterocycles. The Bertz CT molecular complexity index is 1870. The summed E-state index contributed by atoms with van der Waals surface area (Å²) in [6.07, 6.45) is 1.22. The molecule has 0 amide bonds. The second-order valence-electron chi connectivity index (χ2n) is 9.29. The molecule has 40 heavy (non-hydrogen) atoms. The molecule has 1 aliphatic rings. The monoisotopic (exact) mass is 596 g/mol. The molecule has 0 saturated heterocycles. The summed E-state index contributed by atoms with van der Waals surface area (Å²) in [7, 11) is 0. The highest BCUT2D eigenvalue weighted by atomic mass is 35.5. The summed E-state index contributed by atoms with van der Waals surface area (Å²) >= 11 is 13.6. The minimum absolute atomic E-state index is 0.0648. The quantitative estimate of drug-likeness (QED) is 0.296. The molecule has 11 heteroatoms. The van der Waals surface area contributed by atoms with E-state index in [0.29, 0.717) is 47.7 Å². The largest absolute Gasteiger partial charge is 0.478 e. The first kappa shape index (κ1) is 27.6. The number of aromatic nitrogens is 1. The number of hydrogen-bond acceptors (Lipinski definition) is 7. The Kier molecular flexibility index (Phi) is 7.55.